The van der Waals surface area contributed by atoms with Crippen LogP contribution in [-0.2, 0) is 42.9 Å². The van der Waals surface area contributed by atoms with Crippen LogP contribution in [0.1, 0.15) is 13.8 Å². The van der Waals surface area contributed by atoms with E-state index in [4.69, 9.17) is 9.47 Å². The van der Waals surface area contributed by atoms with Crippen molar-refractivity contribution >= 4 is 30.1 Å². The highest BCUT2D eigenvalue weighted by molar-refractivity contribution is 5.87. The van der Waals surface area contributed by atoms with Crippen molar-refractivity contribution in [1.29, 1.82) is 0 Å². The highest BCUT2D eigenvalue weighted by Crippen LogP contribution is 2.09. The monoisotopic (exact) mass is 438 g/mol. The number of isocyanates is 2. The highest BCUT2D eigenvalue weighted by Gasteiger charge is 2.24. The molecule has 1 atom stereocenters. The Morgan fingerprint density at radius 1 is 0.968 bits per heavy atom. The predicted octanol–water partition coefficient (Wildman–Crippen LogP) is 0.997. The summed E-state index contributed by atoms with van der Waals surface area (Å²) in [7, 11) is 0. The average Bonchev–Trinajstić information content (AvgIpc) is 3.57. The molecule has 0 N–H and O–H groups in total. The molecule has 1 aliphatic heterocycles. The standard InChI is InChI=1S/C7H9NO3.C7H10O3.C6H7NO3/c1-6(2)7(10)11-4-3-8-5-9;1-5(2)7(8)10-4-6-3-9-6;1-2-6(9)10-4-3-7-5-8/h1,3-4H2,2H3;6H,1,3-4H2,2H3;2H,1,3-4H2. The van der Waals surface area contributed by atoms with Crippen LogP contribution in [0.3, 0.4) is 0 Å². The lowest BCUT2D eigenvalue weighted by molar-refractivity contribution is -0.140. The van der Waals surface area contributed by atoms with Crippen LogP contribution in [0.25, 0.3) is 0 Å². The summed E-state index contributed by atoms with van der Waals surface area (Å²) in [5.74, 6) is -1.32. The molecule has 0 aromatic heterocycles. The van der Waals surface area contributed by atoms with Gasteiger partial charge < -0.3 is 18.9 Å². The maximum absolute atomic E-state index is 10.7. The van der Waals surface area contributed by atoms with Gasteiger partial charge in [0.2, 0.25) is 12.2 Å². The van der Waals surface area contributed by atoms with Crippen molar-refractivity contribution < 1.29 is 42.9 Å². The van der Waals surface area contributed by atoms with Gasteiger partial charge in [-0.2, -0.15) is 0 Å². The summed E-state index contributed by atoms with van der Waals surface area (Å²) >= 11 is 0. The molecule has 1 unspecified atom stereocenters. The highest BCUT2D eigenvalue weighted by atomic mass is 16.6. The number of rotatable bonds is 11. The molecule has 31 heavy (non-hydrogen) atoms. The lowest BCUT2D eigenvalue weighted by Crippen LogP contribution is -2.09. The number of ether oxygens (including phenoxy) is 4. The number of hydrogen-bond donors (Lipinski definition) is 0. The van der Waals surface area contributed by atoms with Crippen LogP contribution in [0, 0.1) is 0 Å². The van der Waals surface area contributed by atoms with E-state index in [2.05, 4.69) is 39.2 Å². The van der Waals surface area contributed by atoms with Crippen molar-refractivity contribution in [3.05, 3.63) is 37.0 Å². The molecule has 0 amide bonds. The van der Waals surface area contributed by atoms with E-state index in [0.29, 0.717) is 24.4 Å². The van der Waals surface area contributed by atoms with E-state index in [-0.39, 0.29) is 38.4 Å². The fourth-order valence-electron chi connectivity index (χ4n) is 1.11. The molecule has 1 fully saturated rings. The van der Waals surface area contributed by atoms with Gasteiger partial charge >= 0.3 is 17.9 Å². The minimum atomic E-state index is -0.513. The van der Waals surface area contributed by atoms with E-state index in [1.165, 1.54) is 12.2 Å². The Kier molecular flexibility index (Phi) is 18.7. The van der Waals surface area contributed by atoms with Gasteiger partial charge in [-0.25, -0.2) is 34.0 Å². The van der Waals surface area contributed by atoms with Crippen LogP contribution in [-0.4, -0.2) is 75.7 Å². The summed E-state index contributed by atoms with van der Waals surface area (Å²) in [6.45, 7) is 14.7. The lowest BCUT2D eigenvalue weighted by atomic mass is 10.4. The molecule has 1 rings (SSSR count). The van der Waals surface area contributed by atoms with Crippen LogP contribution in [0.2, 0.25) is 0 Å². The van der Waals surface area contributed by atoms with Gasteiger partial charge in [-0.15, -0.1) is 0 Å². The smallest absolute Gasteiger partial charge is 0.333 e. The van der Waals surface area contributed by atoms with Gasteiger partial charge in [-0.1, -0.05) is 19.7 Å². The zero-order chi connectivity index (χ0) is 24.1. The molecule has 11 nitrogen and oxygen atoms in total. The fourth-order valence-corrected chi connectivity index (χ4v) is 1.11. The Balaban J connectivity index is 0. The van der Waals surface area contributed by atoms with Crippen LogP contribution in [0.5, 0.6) is 0 Å². The summed E-state index contributed by atoms with van der Waals surface area (Å²) in [5.41, 5.74) is 0.765. The average molecular weight is 438 g/mol. The summed E-state index contributed by atoms with van der Waals surface area (Å²) in [6.07, 6.45) is 3.84. The van der Waals surface area contributed by atoms with E-state index < -0.39 is 11.9 Å². The molecule has 0 aliphatic carbocycles. The summed E-state index contributed by atoms with van der Waals surface area (Å²) in [6, 6.07) is 0. The molecule has 0 aromatic carbocycles. The fraction of sp³-hybridized carbons (Fsp3) is 0.450. The first kappa shape index (κ1) is 29.6. The van der Waals surface area contributed by atoms with Crippen LogP contribution < -0.4 is 0 Å². The molecule has 11 heteroatoms. The van der Waals surface area contributed by atoms with Crippen molar-refractivity contribution in [3.63, 3.8) is 0 Å². The van der Waals surface area contributed by atoms with Gasteiger partial charge in [-0.05, 0) is 13.8 Å². The zero-order valence-corrected chi connectivity index (χ0v) is 17.6. The summed E-state index contributed by atoms with van der Waals surface area (Å²) < 4.78 is 18.7. The maximum atomic E-state index is 10.7. The molecule has 1 aliphatic rings. The van der Waals surface area contributed by atoms with Crippen molar-refractivity contribution in [3.8, 4) is 0 Å². The molecular formula is C20H26N2O9. The van der Waals surface area contributed by atoms with Gasteiger partial charge in [0.15, 0.2) is 0 Å². The Morgan fingerprint density at radius 2 is 1.42 bits per heavy atom. The lowest BCUT2D eigenvalue weighted by Gasteiger charge is -1.99. The minimum absolute atomic E-state index is 0.0973. The number of aliphatic imine (C=N–C) groups is 2. The van der Waals surface area contributed by atoms with Gasteiger partial charge in [0, 0.05) is 17.2 Å². The Morgan fingerprint density at radius 3 is 1.81 bits per heavy atom. The van der Waals surface area contributed by atoms with Gasteiger partial charge in [0.1, 0.15) is 25.9 Å². The Bertz CT molecular complexity index is 729. The Hall–Kier alpha value is -3.65. The number of carbonyl (C=O) groups is 3. The quantitative estimate of drug-likeness (QED) is 0.0875. The SMILES string of the molecule is C=C(C)C(=O)OCC1CO1.C=C(C)C(=O)OCCN=C=O.C=CC(=O)OCCN=C=O. The molecule has 170 valence electrons. The molecule has 1 heterocycles. The van der Waals surface area contributed by atoms with E-state index in [9.17, 15) is 24.0 Å². The minimum Gasteiger partial charge on any atom is -0.461 e. The van der Waals surface area contributed by atoms with Gasteiger partial charge in [0.05, 0.1) is 19.7 Å². The van der Waals surface area contributed by atoms with Gasteiger partial charge in [-0.3, -0.25) is 0 Å². The van der Waals surface area contributed by atoms with Crippen molar-refractivity contribution in [2.24, 2.45) is 9.98 Å². The first-order valence-electron chi connectivity index (χ1n) is 8.82. The molecule has 0 spiro atoms. The second-order valence-electron chi connectivity index (χ2n) is 5.57. The van der Waals surface area contributed by atoms with Gasteiger partial charge in [0.25, 0.3) is 0 Å². The van der Waals surface area contributed by atoms with Crippen molar-refractivity contribution in [2.75, 3.05) is 39.5 Å². The molecule has 0 aromatic rings. The maximum Gasteiger partial charge on any atom is 0.333 e. The third-order valence-electron chi connectivity index (χ3n) is 2.68. The second-order valence-corrected chi connectivity index (χ2v) is 5.57. The third-order valence-corrected chi connectivity index (χ3v) is 2.68. The molecule has 1 saturated heterocycles. The number of hydrogen-bond acceptors (Lipinski definition) is 11. The molecule has 0 bridgehead atoms. The number of epoxide rings is 1. The van der Waals surface area contributed by atoms with E-state index >= 15 is 0 Å². The van der Waals surface area contributed by atoms with Crippen molar-refractivity contribution in [1.82, 2.24) is 0 Å². The zero-order valence-electron chi connectivity index (χ0n) is 17.6. The first-order chi connectivity index (χ1) is 14.7. The van der Waals surface area contributed by atoms with E-state index in [0.717, 1.165) is 6.08 Å². The Labute approximate surface area is 180 Å². The van der Waals surface area contributed by atoms with Crippen LogP contribution in [0.15, 0.2) is 46.9 Å². The van der Waals surface area contributed by atoms with Crippen LogP contribution in [0.4, 0.5) is 0 Å². The summed E-state index contributed by atoms with van der Waals surface area (Å²) in [5, 5.41) is 0. The molecule has 0 saturated carbocycles. The molecular weight excluding hydrogens is 412 g/mol. The molecule has 0 radical (unpaired) electrons. The topological polar surface area (TPSA) is 150 Å². The predicted molar refractivity (Wildman–Crippen MR) is 108 cm³/mol. The second kappa shape index (κ2) is 19.7. The largest absolute Gasteiger partial charge is 0.461 e. The summed E-state index contributed by atoms with van der Waals surface area (Å²) in [4.78, 5) is 57.0. The van der Waals surface area contributed by atoms with E-state index in [1.54, 1.807) is 13.8 Å². The first-order valence-corrected chi connectivity index (χ1v) is 8.82. The number of carbonyl (C=O) groups excluding carboxylic acids is 5. The van der Waals surface area contributed by atoms with E-state index in [1.807, 2.05) is 0 Å². The number of nitrogens with zero attached hydrogens (tertiary/aromatic N) is 2. The number of esters is 3. The third kappa shape index (κ3) is 22.5. The normalized spacial score (nSPS) is 12.4. The van der Waals surface area contributed by atoms with Crippen molar-refractivity contribution in [2.45, 2.75) is 20.0 Å². The van der Waals surface area contributed by atoms with Crippen LogP contribution >= 0.6 is 0 Å².